The molecule has 1 saturated heterocycles. The Morgan fingerprint density at radius 2 is 1.52 bits per heavy atom. The molecule has 1 atom stereocenters. The van der Waals surface area contributed by atoms with Crippen LogP contribution in [0.5, 0.6) is 0 Å². The summed E-state index contributed by atoms with van der Waals surface area (Å²) in [6.07, 6.45) is 0. The summed E-state index contributed by atoms with van der Waals surface area (Å²) < 4.78 is 0. The summed E-state index contributed by atoms with van der Waals surface area (Å²) >= 11 is 0. The van der Waals surface area contributed by atoms with Crippen molar-refractivity contribution in [3.63, 3.8) is 0 Å². The van der Waals surface area contributed by atoms with E-state index in [1.807, 2.05) is 34.6 Å². The maximum atomic E-state index is 12.0. The van der Waals surface area contributed by atoms with Crippen LogP contribution in [0.15, 0.2) is 0 Å². The number of hydrogen-bond acceptors (Lipinski definition) is 4. The van der Waals surface area contributed by atoms with Gasteiger partial charge >= 0.3 is 17.8 Å². The molecule has 0 spiro atoms. The first kappa shape index (κ1) is 17.1. The molecule has 1 heterocycles. The minimum Gasteiger partial charge on any atom is -0.352 e. The van der Waals surface area contributed by atoms with Crippen LogP contribution in [-0.2, 0) is 14.4 Å². The highest BCUT2D eigenvalue weighted by Crippen LogP contribution is 2.14. The van der Waals surface area contributed by atoms with E-state index in [2.05, 4.69) is 5.32 Å². The molecule has 21 heavy (non-hydrogen) atoms. The summed E-state index contributed by atoms with van der Waals surface area (Å²) in [4.78, 5) is 49.0. The zero-order valence-electron chi connectivity index (χ0n) is 13.2. The van der Waals surface area contributed by atoms with E-state index in [-0.39, 0.29) is 24.4 Å². The molecule has 1 fully saturated rings. The Labute approximate surface area is 124 Å². The molecule has 0 radical (unpaired) electrons. The fourth-order valence-electron chi connectivity index (χ4n) is 1.83. The monoisotopic (exact) mass is 297 g/mol. The van der Waals surface area contributed by atoms with Gasteiger partial charge in [0.25, 0.3) is 0 Å². The summed E-state index contributed by atoms with van der Waals surface area (Å²) in [5, 5.41) is 2.70. The second-order valence-electron chi connectivity index (χ2n) is 6.08. The van der Waals surface area contributed by atoms with Gasteiger partial charge in [0.2, 0.25) is 5.91 Å². The number of hydrogen-bond donors (Lipinski definition) is 1. The fraction of sp³-hybridized carbons (Fsp3) is 0.714. The molecule has 7 heteroatoms. The quantitative estimate of drug-likeness (QED) is 0.574. The lowest BCUT2D eigenvalue weighted by Gasteiger charge is -2.20. The highest BCUT2D eigenvalue weighted by atomic mass is 16.2. The lowest BCUT2D eigenvalue weighted by molar-refractivity contribution is -0.144. The van der Waals surface area contributed by atoms with Crippen LogP contribution in [0.3, 0.4) is 0 Å². The van der Waals surface area contributed by atoms with Crippen LogP contribution >= 0.6 is 0 Å². The van der Waals surface area contributed by atoms with Crippen molar-refractivity contribution in [2.45, 2.75) is 40.7 Å². The molecule has 0 aromatic heterocycles. The molecule has 118 valence electrons. The lowest BCUT2D eigenvalue weighted by Crippen LogP contribution is -2.45. The van der Waals surface area contributed by atoms with E-state index in [1.165, 1.54) is 0 Å². The van der Waals surface area contributed by atoms with Gasteiger partial charge in [-0.05, 0) is 18.8 Å². The fourth-order valence-corrected chi connectivity index (χ4v) is 1.83. The predicted octanol–water partition coefficient (Wildman–Crippen LogP) is 0.594. The van der Waals surface area contributed by atoms with E-state index < -0.39 is 30.3 Å². The SMILES string of the molecule is CC(C)CN1C(=O)C(=O)N(CC(=O)NC(C)C(C)C)C1=O. The average Bonchev–Trinajstić information content (AvgIpc) is 2.55. The van der Waals surface area contributed by atoms with E-state index in [0.29, 0.717) is 4.90 Å². The standard InChI is InChI=1S/C14H23N3O4/c1-8(2)6-16-12(19)13(20)17(14(16)21)7-11(18)15-10(5)9(3)4/h8-10H,6-7H2,1-5H3,(H,15,18). The molecular formula is C14H23N3O4. The summed E-state index contributed by atoms with van der Waals surface area (Å²) in [6.45, 7) is 9.16. The first-order valence-electron chi connectivity index (χ1n) is 7.11. The van der Waals surface area contributed by atoms with Gasteiger partial charge in [0.15, 0.2) is 0 Å². The van der Waals surface area contributed by atoms with Crippen molar-refractivity contribution >= 4 is 23.8 Å². The van der Waals surface area contributed by atoms with Gasteiger partial charge in [-0.25, -0.2) is 9.69 Å². The Balaban J connectivity index is 2.71. The average molecular weight is 297 g/mol. The number of nitrogens with one attached hydrogen (secondary N) is 1. The Kier molecular flexibility index (Phi) is 5.46. The molecule has 7 nitrogen and oxygen atoms in total. The second kappa shape index (κ2) is 6.69. The van der Waals surface area contributed by atoms with Crippen LogP contribution in [0.1, 0.15) is 34.6 Å². The minimum absolute atomic E-state index is 0.0560. The first-order chi connectivity index (χ1) is 9.65. The number of carbonyl (C=O) groups excluding carboxylic acids is 4. The topological polar surface area (TPSA) is 86.8 Å². The molecule has 0 aromatic rings. The molecule has 1 aliphatic rings. The number of carbonyl (C=O) groups is 4. The molecule has 0 saturated carbocycles. The van der Waals surface area contributed by atoms with Gasteiger partial charge in [-0.2, -0.15) is 0 Å². The van der Waals surface area contributed by atoms with Crippen molar-refractivity contribution in [2.75, 3.05) is 13.1 Å². The molecule has 1 aliphatic heterocycles. The second-order valence-corrected chi connectivity index (χ2v) is 6.08. The van der Waals surface area contributed by atoms with Crippen LogP contribution in [0.4, 0.5) is 4.79 Å². The Bertz CT molecular complexity index is 459. The minimum atomic E-state index is -0.937. The Morgan fingerprint density at radius 3 is 2.00 bits per heavy atom. The van der Waals surface area contributed by atoms with Gasteiger partial charge in [0.05, 0.1) is 0 Å². The summed E-state index contributed by atoms with van der Waals surface area (Å²) in [6, 6.07) is -0.793. The zero-order valence-corrected chi connectivity index (χ0v) is 13.2. The molecule has 0 aromatic carbocycles. The summed E-state index contributed by atoms with van der Waals surface area (Å²) in [7, 11) is 0. The number of nitrogens with zero attached hydrogens (tertiary/aromatic N) is 2. The smallest absolute Gasteiger partial charge is 0.334 e. The van der Waals surface area contributed by atoms with Crippen molar-refractivity contribution in [2.24, 2.45) is 11.8 Å². The Morgan fingerprint density at radius 1 is 1.00 bits per heavy atom. The van der Waals surface area contributed by atoms with Crippen LogP contribution < -0.4 is 5.32 Å². The van der Waals surface area contributed by atoms with Crippen LogP contribution in [0.2, 0.25) is 0 Å². The molecule has 0 aliphatic carbocycles. The van der Waals surface area contributed by atoms with Crippen molar-refractivity contribution in [3.05, 3.63) is 0 Å². The van der Waals surface area contributed by atoms with E-state index in [9.17, 15) is 19.2 Å². The normalized spacial score (nSPS) is 17.2. The highest BCUT2D eigenvalue weighted by molar-refractivity contribution is 6.45. The number of urea groups is 1. The van der Waals surface area contributed by atoms with Gasteiger partial charge in [-0.3, -0.25) is 19.3 Å². The largest absolute Gasteiger partial charge is 0.352 e. The van der Waals surface area contributed by atoms with Gasteiger partial charge in [0.1, 0.15) is 6.54 Å². The molecule has 1 N–H and O–H groups in total. The predicted molar refractivity (Wildman–Crippen MR) is 76.1 cm³/mol. The number of amides is 5. The van der Waals surface area contributed by atoms with Gasteiger partial charge in [-0.15, -0.1) is 0 Å². The van der Waals surface area contributed by atoms with Crippen molar-refractivity contribution in [3.8, 4) is 0 Å². The molecule has 0 bridgehead atoms. The third-order valence-corrected chi connectivity index (χ3v) is 3.37. The van der Waals surface area contributed by atoms with Crippen LogP contribution in [-0.4, -0.2) is 52.7 Å². The van der Waals surface area contributed by atoms with Crippen LogP contribution in [0, 0.1) is 11.8 Å². The third-order valence-electron chi connectivity index (χ3n) is 3.37. The van der Waals surface area contributed by atoms with Gasteiger partial charge < -0.3 is 5.32 Å². The summed E-state index contributed by atoms with van der Waals surface area (Å²) in [5.74, 6) is -1.96. The van der Waals surface area contributed by atoms with E-state index in [4.69, 9.17) is 0 Å². The van der Waals surface area contributed by atoms with Crippen molar-refractivity contribution in [1.29, 1.82) is 0 Å². The van der Waals surface area contributed by atoms with E-state index >= 15 is 0 Å². The highest BCUT2D eigenvalue weighted by Gasteiger charge is 2.45. The van der Waals surface area contributed by atoms with Gasteiger partial charge in [0, 0.05) is 12.6 Å². The lowest BCUT2D eigenvalue weighted by atomic mass is 10.1. The van der Waals surface area contributed by atoms with Gasteiger partial charge in [-0.1, -0.05) is 27.7 Å². The van der Waals surface area contributed by atoms with E-state index in [0.717, 1.165) is 4.90 Å². The molecule has 5 amide bonds. The molecule has 1 rings (SSSR count). The maximum absolute atomic E-state index is 12.0. The van der Waals surface area contributed by atoms with Crippen LogP contribution in [0.25, 0.3) is 0 Å². The van der Waals surface area contributed by atoms with Crippen molar-refractivity contribution in [1.82, 2.24) is 15.1 Å². The zero-order chi connectivity index (χ0) is 16.3. The molecular weight excluding hydrogens is 274 g/mol. The summed E-state index contributed by atoms with van der Waals surface area (Å²) in [5.41, 5.74) is 0. The third kappa shape index (κ3) is 4.03. The van der Waals surface area contributed by atoms with Crippen molar-refractivity contribution < 1.29 is 19.2 Å². The first-order valence-corrected chi connectivity index (χ1v) is 7.11. The number of imide groups is 2. The molecule has 1 unspecified atom stereocenters. The maximum Gasteiger partial charge on any atom is 0.334 e. The van der Waals surface area contributed by atoms with E-state index in [1.54, 1.807) is 0 Å². The Hall–Kier alpha value is -1.92. The number of rotatable bonds is 6.